The van der Waals surface area contributed by atoms with E-state index in [-0.39, 0.29) is 5.78 Å². The Kier molecular flexibility index (Phi) is 2.64. The van der Waals surface area contributed by atoms with Crippen molar-refractivity contribution in [3.05, 3.63) is 47.5 Å². The first-order chi connectivity index (χ1) is 10.2. The van der Waals surface area contributed by atoms with E-state index in [2.05, 4.69) is 9.97 Å². The fourth-order valence-corrected chi connectivity index (χ4v) is 2.96. The predicted molar refractivity (Wildman–Crippen MR) is 79.2 cm³/mol. The fourth-order valence-electron chi connectivity index (χ4n) is 2.96. The van der Waals surface area contributed by atoms with Crippen LogP contribution >= 0.6 is 0 Å². The highest BCUT2D eigenvalue weighted by Gasteiger charge is 2.21. The molecule has 0 saturated carbocycles. The molecule has 0 unspecified atom stereocenters. The maximum absolute atomic E-state index is 11.9. The molecule has 1 aliphatic rings. The Labute approximate surface area is 121 Å². The number of Topliss-reactive ketones (excluding diaryl/α,β-unsaturated/α-hetero) is 1. The van der Waals surface area contributed by atoms with Crippen LogP contribution in [0.3, 0.4) is 0 Å². The number of para-hydroxylation sites is 1. The van der Waals surface area contributed by atoms with Crippen molar-refractivity contribution in [2.75, 3.05) is 0 Å². The van der Waals surface area contributed by atoms with Crippen LogP contribution < -0.4 is 0 Å². The van der Waals surface area contributed by atoms with E-state index in [0.717, 1.165) is 40.8 Å². The summed E-state index contributed by atoms with van der Waals surface area (Å²) in [6.45, 7) is 1.92. The molecular formula is C17H14N2O2. The van der Waals surface area contributed by atoms with E-state index in [1.165, 1.54) is 0 Å². The largest absolute Gasteiger partial charge is 0.461 e. The van der Waals surface area contributed by atoms with Crippen LogP contribution in [0.1, 0.15) is 34.7 Å². The van der Waals surface area contributed by atoms with Crippen molar-refractivity contribution in [2.45, 2.75) is 26.2 Å². The van der Waals surface area contributed by atoms with Crippen LogP contribution in [0.15, 0.2) is 34.9 Å². The number of carbonyl (C=O) groups excluding carboxylic acids is 1. The molecule has 104 valence electrons. The van der Waals surface area contributed by atoms with Gasteiger partial charge in [0.05, 0.1) is 16.8 Å². The third-order valence-electron chi connectivity index (χ3n) is 3.98. The zero-order valence-electron chi connectivity index (χ0n) is 11.7. The maximum atomic E-state index is 11.9. The summed E-state index contributed by atoms with van der Waals surface area (Å²) in [5.74, 6) is 1.60. The minimum atomic E-state index is 0.150. The number of carbonyl (C=O) groups is 1. The second-order valence-corrected chi connectivity index (χ2v) is 5.36. The van der Waals surface area contributed by atoms with Gasteiger partial charge in [0.15, 0.2) is 11.6 Å². The standard InChI is InChI=1S/C17H14N2O2/c1-10-16(11-5-2-3-8-15(11)21-10)17-18-9-12-13(19-17)6-4-7-14(12)20/h2-3,5,8-9H,4,6-7H2,1H3. The lowest BCUT2D eigenvalue weighted by Gasteiger charge is -2.13. The van der Waals surface area contributed by atoms with Crippen LogP contribution in [-0.4, -0.2) is 15.8 Å². The first-order valence-electron chi connectivity index (χ1n) is 7.11. The van der Waals surface area contributed by atoms with E-state index < -0.39 is 0 Å². The number of nitrogens with zero attached hydrogens (tertiary/aromatic N) is 2. The summed E-state index contributed by atoms with van der Waals surface area (Å²) < 4.78 is 5.77. The van der Waals surface area contributed by atoms with Gasteiger partial charge in [0.25, 0.3) is 0 Å². The second kappa shape index (κ2) is 4.52. The van der Waals surface area contributed by atoms with Crippen LogP contribution in [0.4, 0.5) is 0 Å². The molecule has 4 heteroatoms. The number of fused-ring (bicyclic) bond motifs is 2. The second-order valence-electron chi connectivity index (χ2n) is 5.36. The van der Waals surface area contributed by atoms with Gasteiger partial charge in [-0.25, -0.2) is 9.97 Å². The highest BCUT2D eigenvalue weighted by molar-refractivity contribution is 5.98. The van der Waals surface area contributed by atoms with Crippen LogP contribution in [-0.2, 0) is 6.42 Å². The Hall–Kier alpha value is -2.49. The molecule has 2 heterocycles. The third kappa shape index (κ3) is 1.87. The molecule has 0 saturated heterocycles. The summed E-state index contributed by atoms with van der Waals surface area (Å²) >= 11 is 0. The summed E-state index contributed by atoms with van der Waals surface area (Å²) in [5.41, 5.74) is 3.30. The summed E-state index contributed by atoms with van der Waals surface area (Å²) in [6, 6.07) is 7.87. The number of rotatable bonds is 1. The molecule has 3 aromatic rings. The number of furan rings is 1. The molecule has 4 nitrogen and oxygen atoms in total. The van der Waals surface area contributed by atoms with Gasteiger partial charge in [-0.15, -0.1) is 0 Å². The molecule has 0 N–H and O–H groups in total. The molecular weight excluding hydrogens is 264 g/mol. The van der Waals surface area contributed by atoms with Crippen molar-refractivity contribution in [2.24, 2.45) is 0 Å². The smallest absolute Gasteiger partial charge is 0.166 e. The van der Waals surface area contributed by atoms with Crippen molar-refractivity contribution in [3.8, 4) is 11.4 Å². The Morgan fingerprint density at radius 3 is 2.95 bits per heavy atom. The average Bonchev–Trinajstić information content (AvgIpc) is 2.83. The molecule has 21 heavy (non-hydrogen) atoms. The van der Waals surface area contributed by atoms with Gasteiger partial charge in [-0.05, 0) is 25.8 Å². The lowest BCUT2D eigenvalue weighted by Crippen LogP contribution is -2.13. The van der Waals surface area contributed by atoms with Gasteiger partial charge in [-0.3, -0.25) is 4.79 Å². The number of aryl methyl sites for hydroxylation is 2. The Morgan fingerprint density at radius 2 is 2.05 bits per heavy atom. The highest BCUT2D eigenvalue weighted by atomic mass is 16.3. The molecule has 0 amide bonds. The molecule has 1 aromatic carbocycles. The van der Waals surface area contributed by atoms with E-state index >= 15 is 0 Å². The predicted octanol–water partition coefficient (Wildman–Crippen LogP) is 3.72. The number of hydrogen-bond acceptors (Lipinski definition) is 4. The summed E-state index contributed by atoms with van der Waals surface area (Å²) in [6.07, 6.45) is 3.97. The van der Waals surface area contributed by atoms with E-state index in [4.69, 9.17) is 4.42 Å². The van der Waals surface area contributed by atoms with E-state index in [0.29, 0.717) is 17.8 Å². The molecule has 0 aliphatic heterocycles. The molecule has 0 bridgehead atoms. The Morgan fingerprint density at radius 1 is 1.19 bits per heavy atom. The SMILES string of the molecule is Cc1oc2ccccc2c1-c1ncc2c(n1)CCCC2=O. The number of ketones is 1. The molecule has 0 radical (unpaired) electrons. The van der Waals surface area contributed by atoms with Gasteiger partial charge in [0, 0.05) is 18.0 Å². The molecule has 4 rings (SSSR count). The summed E-state index contributed by atoms with van der Waals surface area (Å²) in [4.78, 5) is 20.9. The lowest BCUT2D eigenvalue weighted by atomic mass is 9.96. The van der Waals surface area contributed by atoms with Crippen LogP contribution in [0.25, 0.3) is 22.4 Å². The summed E-state index contributed by atoms with van der Waals surface area (Å²) in [7, 11) is 0. The van der Waals surface area contributed by atoms with Gasteiger partial charge in [0.1, 0.15) is 11.3 Å². The van der Waals surface area contributed by atoms with Crippen molar-refractivity contribution in [3.63, 3.8) is 0 Å². The minimum absolute atomic E-state index is 0.150. The normalized spacial score (nSPS) is 14.4. The van der Waals surface area contributed by atoms with E-state index in [1.807, 2.05) is 31.2 Å². The van der Waals surface area contributed by atoms with E-state index in [1.54, 1.807) is 6.20 Å². The third-order valence-corrected chi connectivity index (χ3v) is 3.98. The molecule has 2 aromatic heterocycles. The molecule has 0 atom stereocenters. The van der Waals surface area contributed by atoms with Gasteiger partial charge in [-0.2, -0.15) is 0 Å². The van der Waals surface area contributed by atoms with Gasteiger partial charge < -0.3 is 4.42 Å². The highest BCUT2D eigenvalue weighted by Crippen LogP contribution is 2.33. The van der Waals surface area contributed by atoms with Crippen LogP contribution in [0, 0.1) is 6.92 Å². The average molecular weight is 278 g/mol. The molecule has 1 aliphatic carbocycles. The van der Waals surface area contributed by atoms with Gasteiger partial charge >= 0.3 is 0 Å². The van der Waals surface area contributed by atoms with Crippen molar-refractivity contribution in [1.29, 1.82) is 0 Å². The monoisotopic (exact) mass is 278 g/mol. The van der Waals surface area contributed by atoms with Crippen molar-refractivity contribution < 1.29 is 9.21 Å². The fraction of sp³-hybridized carbons (Fsp3) is 0.235. The van der Waals surface area contributed by atoms with Gasteiger partial charge in [0.2, 0.25) is 0 Å². The first-order valence-corrected chi connectivity index (χ1v) is 7.11. The van der Waals surface area contributed by atoms with Crippen LogP contribution in [0.5, 0.6) is 0 Å². The topological polar surface area (TPSA) is 56.0 Å². The maximum Gasteiger partial charge on any atom is 0.166 e. The van der Waals surface area contributed by atoms with Gasteiger partial charge in [-0.1, -0.05) is 18.2 Å². The summed E-state index contributed by atoms with van der Waals surface area (Å²) in [5, 5.41) is 1.01. The van der Waals surface area contributed by atoms with Crippen LogP contribution in [0.2, 0.25) is 0 Å². The lowest BCUT2D eigenvalue weighted by molar-refractivity contribution is 0.0971. The zero-order valence-corrected chi connectivity index (χ0v) is 11.7. The zero-order chi connectivity index (χ0) is 14.4. The first kappa shape index (κ1) is 12.3. The van der Waals surface area contributed by atoms with Crippen molar-refractivity contribution in [1.82, 2.24) is 9.97 Å². The minimum Gasteiger partial charge on any atom is -0.461 e. The number of hydrogen-bond donors (Lipinski definition) is 0. The van der Waals surface area contributed by atoms with Crippen molar-refractivity contribution >= 4 is 16.8 Å². The Bertz CT molecular complexity index is 864. The number of aromatic nitrogens is 2. The van der Waals surface area contributed by atoms with E-state index in [9.17, 15) is 4.79 Å². The molecule has 0 fully saturated rings. The number of benzene rings is 1. The quantitative estimate of drug-likeness (QED) is 0.680. The Balaban J connectivity index is 1.93. The molecule has 0 spiro atoms.